The summed E-state index contributed by atoms with van der Waals surface area (Å²) in [5, 5.41) is 9.97. The van der Waals surface area contributed by atoms with Crippen molar-refractivity contribution in [3.05, 3.63) is 65.2 Å². The summed E-state index contributed by atoms with van der Waals surface area (Å²) in [6, 6.07) is 15.2. The lowest BCUT2D eigenvalue weighted by atomic mass is 9.94. The van der Waals surface area contributed by atoms with Crippen LogP contribution in [-0.4, -0.2) is 5.11 Å². The molecule has 0 aliphatic rings. The molecule has 1 atom stereocenters. The lowest BCUT2D eigenvalue weighted by Gasteiger charge is -2.16. The summed E-state index contributed by atoms with van der Waals surface area (Å²) < 4.78 is 0. The van der Waals surface area contributed by atoms with Crippen LogP contribution in [-0.2, 0) is 0 Å². The molecule has 0 aliphatic heterocycles. The first kappa shape index (κ1) is 12.7. The summed E-state index contributed by atoms with van der Waals surface area (Å²) in [6.07, 6.45) is 0. The molecule has 0 aromatic heterocycles. The minimum Gasteiger partial charge on any atom is -0.508 e. The highest BCUT2D eigenvalue weighted by molar-refractivity contribution is 5.43. The van der Waals surface area contributed by atoms with Gasteiger partial charge in [-0.1, -0.05) is 50.2 Å². The van der Waals surface area contributed by atoms with E-state index < -0.39 is 0 Å². The number of nitrogens with two attached hydrogens (primary N) is 1. The fourth-order valence-corrected chi connectivity index (χ4v) is 2.02. The van der Waals surface area contributed by atoms with E-state index in [1.54, 1.807) is 6.07 Å². The predicted molar refractivity (Wildman–Crippen MR) is 74.7 cm³/mol. The van der Waals surface area contributed by atoms with Crippen molar-refractivity contribution in [1.82, 2.24) is 0 Å². The van der Waals surface area contributed by atoms with Crippen LogP contribution < -0.4 is 5.73 Å². The molecule has 2 aromatic rings. The highest BCUT2D eigenvalue weighted by Gasteiger charge is 2.14. The van der Waals surface area contributed by atoms with Gasteiger partial charge in [-0.15, -0.1) is 0 Å². The standard InChI is InChI=1S/C16H19NO/c1-11(2)13-8-9-15(18)14(10-13)16(17)12-6-4-3-5-7-12/h3-11,16,18H,17H2,1-2H3. The third-order valence-corrected chi connectivity index (χ3v) is 3.21. The normalized spacial score (nSPS) is 12.7. The van der Waals surface area contributed by atoms with Crippen LogP contribution in [0.5, 0.6) is 5.75 Å². The van der Waals surface area contributed by atoms with Gasteiger partial charge in [-0.2, -0.15) is 0 Å². The number of hydrogen-bond acceptors (Lipinski definition) is 2. The molecule has 0 saturated carbocycles. The molecule has 0 spiro atoms. The van der Waals surface area contributed by atoms with Gasteiger partial charge < -0.3 is 10.8 Å². The van der Waals surface area contributed by atoms with Crippen molar-refractivity contribution >= 4 is 0 Å². The number of phenolic OH excluding ortho intramolecular Hbond substituents is 1. The highest BCUT2D eigenvalue weighted by atomic mass is 16.3. The molecular weight excluding hydrogens is 222 g/mol. The van der Waals surface area contributed by atoms with Crippen molar-refractivity contribution in [2.45, 2.75) is 25.8 Å². The van der Waals surface area contributed by atoms with Gasteiger partial charge in [0.25, 0.3) is 0 Å². The van der Waals surface area contributed by atoms with Gasteiger partial charge in [-0.05, 0) is 29.2 Å². The van der Waals surface area contributed by atoms with Crippen molar-refractivity contribution in [2.75, 3.05) is 0 Å². The minimum atomic E-state index is -0.287. The van der Waals surface area contributed by atoms with Crippen LogP contribution in [0, 0.1) is 0 Å². The van der Waals surface area contributed by atoms with E-state index >= 15 is 0 Å². The Morgan fingerprint density at radius 2 is 1.61 bits per heavy atom. The predicted octanol–water partition coefficient (Wildman–Crippen LogP) is 3.56. The van der Waals surface area contributed by atoms with E-state index in [2.05, 4.69) is 13.8 Å². The maximum absolute atomic E-state index is 9.97. The van der Waals surface area contributed by atoms with Crippen molar-refractivity contribution < 1.29 is 5.11 Å². The largest absolute Gasteiger partial charge is 0.508 e. The van der Waals surface area contributed by atoms with Crippen molar-refractivity contribution in [3.63, 3.8) is 0 Å². The lowest BCUT2D eigenvalue weighted by Crippen LogP contribution is -2.12. The van der Waals surface area contributed by atoms with E-state index in [-0.39, 0.29) is 11.8 Å². The number of hydrogen-bond donors (Lipinski definition) is 2. The molecule has 2 aromatic carbocycles. The van der Waals surface area contributed by atoms with E-state index in [0.717, 1.165) is 11.1 Å². The molecule has 0 radical (unpaired) electrons. The van der Waals surface area contributed by atoms with E-state index in [9.17, 15) is 5.11 Å². The monoisotopic (exact) mass is 241 g/mol. The highest BCUT2D eigenvalue weighted by Crippen LogP contribution is 2.30. The number of aromatic hydroxyl groups is 1. The van der Waals surface area contributed by atoms with Crippen LogP contribution in [0.4, 0.5) is 0 Å². The summed E-state index contributed by atoms with van der Waals surface area (Å²) in [5.41, 5.74) is 9.21. The average Bonchev–Trinajstić information content (AvgIpc) is 2.39. The molecule has 0 aliphatic carbocycles. The summed E-state index contributed by atoms with van der Waals surface area (Å²) in [4.78, 5) is 0. The molecule has 2 rings (SSSR count). The zero-order chi connectivity index (χ0) is 13.1. The third-order valence-electron chi connectivity index (χ3n) is 3.21. The maximum atomic E-state index is 9.97. The summed E-state index contributed by atoms with van der Waals surface area (Å²) in [6.45, 7) is 4.26. The van der Waals surface area contributed by atoms with Gasteiger partial charge in [-0.25, -0.2) is 0 Å². The Morgan fingerprint density at radius 3 is 2.22 bits per heavy atom. The van der Waals surface area contributed by atoms with Crippen LogP contribution >= 0.6 is 0 Å². The second-order valence-electron chi connectivity index (χ2n) is 4.86. The number of rotatable bonds is 3. The van der Waals surface area contributed by atoms with Gasteiger partial charge in [0.2, 0.25) is 0 Å². The quantitative estimate of drug-likeness (QED) is 0.863. The Kier molecular flexibility index (Phi) is 3.68. The molecule has 18 heavy (non-hydrogen) atoms. The molecule has 0 bridgehead atoms. The Labute approximate surface area is 108 Å². The molecule has 3 N–H and O–H groups in total. The summed E-state index contributed by atoms with van der Waals surface area (Å²) >= 11 is 0. The first-order chi connectivity index (χ1) is 8.59. The molecule has 0 saturated heterocycles. The van der Waals surface area contributed by atoms with Gasteiger partial charge in [-0.3, -0.25) is 0 Å². The lowest BCUT2D eigenvalue weighted by molar-refractivity contribution is 0.465. The molecule has 2 heteroatoms. The zero-order valence-electron chi connectivity index (χ0n) is 10.8. The van der Waals surface area contributed by atoms with Crippen LogP contribution in [0.25, 0.3) is 0 Å². The first-order valence-corrected chi connectivity index (χ1v) is 6.23. The Hall–Kier alpha value is -1.80. The fourth-order valence-electron chi connectivity index (χ4n) is 2.02. The number of phenols is 1. The van der Waals surface area contributed by atoms with Crippen molar-refractivity contribution in [3.8, 4) is 5.75 Å². The SMILES string of the molecule is CC(C)c1ccc(O)c(C(N)c2ccccc2)c1. The van der Waals surface area contributed by atoms with Gasteiger partial charge in [0.15, 0.2) is 0 Å². The van der Waals surface area contributed by atoms with Crippen LogP contribution in [0.1, 0.15) is 42.5 Å². The number of benzene rings is 2. The van der Waals surface area contributed by atoms with E-state index in [0.29, 0.717) is 5.92 Å². The zero-order valence-corrected chi connectivity index (χ0v) is 10.8. The second kappa shape index (κ2) is 5.23. The van der Waals surface area contributed by atoms with E-state index in [1.165, 1.54) is 5.56 Å². The van der Waals surface area contributed by atoms with Crippen LogP contribution in [0.3, 0.4) is 0 Å². The molecule has 1 unspecified atom stereocenters. The minimum absolute atomic E-state index is 0.260. The topological polar surface area (TPSA) is 46.2 Å². The van der Waals surface area contributed by atoms with Crippen LogP contribution in [0.15, 0.2) is 48.5 Å². The first-order valence-electron chi connectivity index (χ1n) is 6.23. The summed E-state index contributed by atoms with van der Waals surface area (Å²) in [5.74, 6) is 0.683. The Balaban J connectivity index is 2.41. The molecular formula is C16H19NO. The molecule has 0 heterocycles. The third kappa shape index (κ3) is 2.54. The molecule has 0 fully saturated rings. The second-order valence-corrected chi connectivity index (χ2v) is 4.86. The average molecular weight is 241 g/mol. The van der Waals surface area contributed by atoms with Crippen molar-refractivity contribution in [1.29, 1.82) is 0 Å². The fraction of sp³-hybridized carbons (Fsp3) is 0.250. The van der Waals surface area contributed by atoms with Gasteiger partial charge >= 0.3 is 0 Å². The smallest absolute Gasteiger partial charge is 0.120 e. The molecule has 0 amide bonds. The van der Waals surface area contributed by atoms with Gasteiger partial charge in [0, 0.05) is 5.56 Å². The van der Waals surface area contributed by atoms with Crippen molar-refractivity contribution in [2.24, 2.45) is 5.73 Å². The van der Waals surface area contributed by atoms with Crippen LogP contribution in [0.2, 0.25) is 0 Å². The van der Waals surface area contributed by atoms with Gasteiger partial charge in [0.05, 0.1) is 6.04 Å². The summed E-state index contributed by atoms with van der Waals surface area (Å²) in [7, 11) is 0. The Morgan fingerprint density at radius 1 is 0.944 bits per heavy atom. The maximum Gasteiger partial charge on any atom is 0.120 e. The van der Waals surface area contributed by atoms with Gasteiger partial charge in [0.1, 0.15) is 5.75 Å². The van der Waals surface area contributed by atoms with E-state index in [4.69, 9.17) is 5.73 Å². The molecule has 2 nitrogen and oxygen atoms in total. The molecule has 94 valence electrons. The van der Waals surface area contributed by atoms with E-state index in [1.807, 2.05) is 42.5 Å². The Bertz CT molecular complexity index is 520.